The lowest BCUT2D eigenvalue weighted by Crippen LogP contribution is -2.19. The van der Waals surface area contributed by atoms with E-state index in [1.54, 1.807) is 0 Å². The Balaban J connectivity index is 3.35. The Hall–Kier alpha value is -1.62. The van der Waals surface area contributed by atoms with Crippen LogP contribution in [0.25, 0.3) is 0 Å². The maximum absolute atomic E-state index is 11.8. The lowest BCUT2D eigenvalue weighted by atomic mass is 10.0. The molecule has 0 atom stereocenters. The first-order chi connectivity index (χ1) is 21.6. The highest BCUT2D eigenvalue weighted by Gasteiger charge is 2.04. The molecule has 0 radical (unpaired) electrons. The summed E-state index contributed by atoms with van der Waals surface area (Å²) in [5.74, 6) is -0.119. The molecule has 0 fully saturated rings. The van der Waals surface area contributed by atoms with E-state index >= 15 is 0 Å². The van der Waals surface area contributed by atoms with Gasteiger partial charge in [-0.2, -0.15) is 0 Å². The number of hydrogen-bond donors (Lipinski definition) is 1. The molecule has 0 aromatic carbocycles. The predicted octanol–water partition coefficient (Wildman–Crippen LogP) is 11.5. The number of rotatable bonds is 34. The van der Waals surface area contributed by atoms with Gasteiger partial charge in [0, 0.05) is 18.9 Å². The molecule has 0 saturated heterocycles. The van der Waals surface area contributed by atoms with E-state index in [2.05, 4.69) is 26.0 Å². The van der Waals surface area contributed by atoms with Crippen LogP contribution in [0.2, 0.25) is 0 Å². The Morgan fingerprint density at radius 3 is 1.20 bits per heavy atom. The second-order valence-corrected chi connectivity index (χ2v) is 12.8. The maximum atomic E-state index is 11.8. The van der Waals surface area contributed by atoms with Crippen LogP contribution in [0.15, 0.2) is 24.3 Å². The van der Waals surface area contributed by atoms with E-state index in [1.165, 1.54) is 116 Å². The van der Waals surface area contributed by atoms with Crippen LogP contribution >= 0.6 is 0 Å². The SMILES string of the molecule is CCCCCC/C=C\COC(=O)CCCCCCCCCC(N)CCCCCCCCCC(=O)OC/C=C\CCCCCC. The van der Waals surface area contributed by atoms with Crippen LogP contribution in [0.4, 0.5) is 0 Å². The summed E-state index contributed by atoms with van der Waals surface area (Å²) in [7, 11) is 0. The molecule has 0 aromatic rings. The van der Waals surface area contributed by atoms with Crippen molar-refractivity contribution in [3.8, 4) is 0 Å². The van der Waals surface area contributed by atoms with Crippen LogP contribution in [0.1, 0.15) is 194 Å². The van der Waals surface area contributed by atoms with Crippen LogP contribution in [0.3, 0.4) is 0 Å². The van der Waals surface area contributed by atoms with Crippen molar-refractivity contribution < 1.29 is 19.1 Å². The minimum Gasteiger partial charge on any atom is -0.461 e. The topological polar surface area (TPSA) is 78.6 Å². The Kier molecular flexibility index (Phi) is 34.5. The fraction of sp³-hybridized carbons (Fsp3) is 0.846. The third-order valence-corrected chi connectivity index (χ3v) is 8.37. The second kappa shape index (κ2) is 35.9. The fourth-order valence-electron chi connectivity index (χ4n) is 5.44. The Bertz CT molecular complexity index is 619. The number of allylic oxidation sites excluding steroid dienone is 2. The number of carbonyl (C=O) groups is 2. The quantitative estimate of drug-likeness (QED) is 0.0440. The second-order valence-electron chi connectivity index (χ2n) is 12.8. The molecule has 0 heterocycles. The zero-order valence-corrected chi connectivity index (χ0v) is 29.3. The van der Waals surface area contributed by atoms with Gasteiger partial charge in [-0.05, 0) is 51.4 Å². The average Bonchev–Trinajstić information content (AvgIpc) is 3.02. The van der Waals surface area contributed by atoms with Gasteiger partial charge in [-0.1, -0.05) is 154 Å². The predicted molar refractivity (Wildman–Crippen MR) is 189 cm³/mol. The lowest BCUT2D eigenvalue weighted by Gasteiger charge is -2.11. The molecule has 2 N–H and O–H groups in total. The molecule has 0 aliphatic carbocycles. The summed E-state index contributed by atoms with van der Waals surface area (Å²) < 4.78 is 10.6. The first-order valence-corrected chi connectivity index (χ1v) is 19.0. The summed E-state index contributed by atoms with van der Waals surface area (Å²) in [6.45, 7) is 5.30. The van der Waals surface area contributed by atoms with Gasteiger partial charge in [-0.3, -0.25) is 9.59 Å². The molecule has 0 bridgehead atoms. The minimum atomic E-state index is -0.0594. The van der Waals surface area contributed by atoms with Crippen molar-refractivity contribution in [1.29, 1.82) is 0 Å². The third kappa shape index (κ3) is 34.9. The summed E-state index contributed by atoms with van der Waals surface area (Å²) in [5.41, 5.74) is 6.35. The van der Waals surface area contributed by atoms with Crippen molar-refractivity contribution in [2.75, 3.05) is 13.2 Å². The molecule has 0 saturated carbocycles. The molecule has 0 aliphatic heterocycles. The smallest absolute Gasteiger partial charge is 0.306 e. The van der Waals surface area contributed by atoms with Crippen molar-refractivity contribution in [1.82, 2.24) is 0 Å². The number of unbranched alkanes of at least 4 members (excludes halogenated alkanes) is 20. The molecule has 0 rings (SSSR count). The summed E-state index contributed by atoms with van der Waals surface area (Å²) >= 11 is 0. The molecule has 0 unspecified atom stereocenters. The maximum Gasteiger partial charge on any atom is 0.306 e. The van der Waals surface area contributed by atoms with Crippen molar-refractivity contribution in [2.45, 2.75) is 200 Å². The van der Waals surface area contributed by atoms with Crippen molar-refractivity contribution in [3.05, 3.63) is 24.3 Å². The van der Waals surface area contributed by atoms with E-state index in [9.17, 15) is 9.59 Å². The van der Waals surface area contributed by atoms with Gasteiger partial charge in [0.25, 0.3) is 0 Å². The number of ether oxygens (including phenoxy) is 2. The number of hydrogen-bond acceptors (Lipinski definition) is 5. The molecule has 5 heteroatoms. The van der Waals surface area contributed by atoms with Crippen LogP contribution in [0.5, 0.6) is 0 Å². The normalized spacial score (nSPS) is 11.7. The molecule has 0 aromatic heterocycles. The molecule has 0 aliphatic rings. The standard InChI is InChI=1S/C39H73NO4/c1-3-5-7-9-17-23-29-35-43-38(41)33-27-21-15-11-13-19-25-31-37(40)32-26-20-14-12-16-22-28-34-39(42)44-36-30-24-18-10-8-6-4-2/h23-24,29-30,37H,3-22,25-28,31-36,40H2,1-2H3/b29-23-,30-24-. The first-order valence-electron chi connectivity index (χ1n) is 19.0. The summed E-state index contributed by atoms with van der Waals surface area (Å²) in [5, 5.41) is 0. The van der Waals surface area contributed by atoms with Gasteiger partial charge in [0.15, 0.2) is 0 Å². The Morgan fingerprint density at radius 2 is 0.818 bits per heavy atom. The van der Waals surface area contributed by atoms with E-state index in [1.807, 2.05) is 12.2 Å². The average molecular weight is 620 g/mol. The lowest BCUT2D eigenvalue weighted by molar-refractivity contribution is -0.143. The highest BCUT2D eigenvalue weighted by Crippen LogP contribution is 2.15. The Labute approximate surface area is 273 Å². The fourth-order valence-corrected chi connectivity index (χ4v) is 5.44. The van der Waals surface area contributed by atoms with Gasteiger partial charge in [-0.25, -0.2) is 0 Å². The van der Waals surface area contributed by atoms with Gasteiger partial charge in [0.05, 0.1) is 0 Å². The molecule has 44 heavy (non-hydrogen) atoms. The molecule has 258 valence electrons. The Morgan fingerprint density at radius 1 is 0.477 bits per heavy atom. The molecule has 5 nitrogen and oxygen atoms in total. The molecular formula is C39H73NO4. The van der Waals surface area contributed by atoms with E-state index in [0.717, 1.165) is 51.4 Å². The van der Waals surface area contributed by atoms with Crippen molar-refractivity contribution >= 4 is 11.9 Å². The van der Waals surface area contributed by atoms with E-state index < -0.39 is 0 Å². The zero-order valence-electron chi connectivity index (χ0n) is 29.3. The van der Waals surface area contributed by atoms with Gasteiger partial charge in [-0.15, -0.1) is 0 Å². The number of carbonyl (C=O) groups excluding carboxylic acids is 2. The van der Waals surface area contributed by atoms with Crippen LogP contribution < -0.4 is 5.73 Å². The third-order valence-electron chi connectivity index (χ3n) is 8.37. The molecule has 0 amide bonds. The van der Waals surface area contributed by atoms with Gasteiger partial charge < -0.3 is 15.2 Å². The van der Waals surface area contributed by atoms with Crippen LogP contribution in [-0.2, 0) is 19.1 Å². The highest BCUT2D eigenvalue weighted by atomic mass is 16.5. The summed E-state index contributed by atoms with van der Waals surface area (Å²) in [6, 6.07) is 0.346. The molecular weight excluding hydrogens is 546 g/mol. The minimum absolute atomic E-state index is 0.0594. The van der Waals surface area contributed by atoms with Crippen LogP contribution in [0, 0.1) is 0 Å². The first kappa shape index (κ1) is 42.4. The van der Waals surface area contributed by atoms with Gasteiger partial charge in [0.1, 0.15) is 13.2 Å². The van der Waals surface area contributed by atoms with E-state index in [0.29, 0.717) is 32.1 Å². The highest BCUT2D eigenvalue weighted by molar-refractivity contribution is 5.69. The van der Waals surface area contributed by atoms with Gasteiger partial charge >= 0.3 is 11.9 Å². The van der Waals surface area contributed by atoms with Crippen molar-refractivity contribution in [2.24, 2.45) is 5.73 Å². The number of nitrogens with two attached hydrogens (primary N) is 1. The van der Waals surface area contributed by atoms with E-state index in [-0.39, 0.29) is 11.9 Å². The summed E-state index contributed by atoms with van der Waals surface area (Å²) in [4.78, 5) is 23.6. The molecule has 0 spiro atoms. The van der Waals surface area contributed by atoms with Gasteiger partial charge in [0.2, 0.25) is 0 Å². The zero-order chi connectivity index (χ0) is 32.2. The van der Waals surface area contributed by atoms with Crippen molar-refractivity contribution in [3.63, 3.8) is 0 Å². The van der Waals surface area contributed by atoms with Crippen LogP contribution in [-0.4, -0.2) is 31.2 Å². The summed E-state index contributed by atoms with van der Waals surface area (Å²) in [6.07, 6.45) is 40.6. The largest absolute Gasteiger partial charge is 0.461 e. The monoisotopic (exact) mass is 620 g/mol. The number of esters is 2. The van der Waals surface area contributed by atoms with E-state index in [4.69, 9.17) is 15.2 Å².